The van der Waals surface area contributed by atoms with Crippen molar-refractivity contribution < 1.29 is 14.3 Å². The summed E-state index contributed by atoms with van der Waals surface area (Å²) >= 11 is 0. The summed E-state index contributed by atoms with van der Waals surface area (Å²) in [5.74, 6) is -0.118. The minimum atomic E-state index is -0.448. The van der Waals surface area contributed by atoms with Crippen LogP contribution in [0.1, 0.15) is 12.8 Å². The van der Waals surface area contributed by atoms with E-state index in [-0.39, 0.29) is 18.6 Å². The SMILES string of the molecule is NCC1CN(CC(=O)NC2CC2)C(=O)O1. The highest BCUT2D eigenvalue weighted by atomic mass is 16.6. The summed E-state index contributed by atoms with van der Waals surface area (Å²) in [6, 6.07) is 0.321. The first-order valence-corrected chi connectivity index (χ1v) is 5.14. The first kappa shape index (κ1) is 10.2. The highest BCUT2D eigenvalue weighted by molar-refractivity contribution is 5.83. The third-order valence-electron chi connectivity index (χ3n) is 2.49. The molecular weight excluding hydrogens is 198 g/mol. The Labute approximate surface area is 87.7 Å². The lowest BCUT2D eigenvalue weighted by molar-refractivity contribution is -0.121. The highest BCUT2D eigenvalue weighted by Crippen LogP contribution is 2.18. The fourth-order valence-electron chi connectivity index (χ4n) is 1.50. The number of hydrogen-bond acceptors (Lipinski definition) is 4. The summed E-state index contributed by atoms with van der Waals surface area (Å²) in [5, 5.41) is 2.81. The van der Waals surface area contributed by atoms with Crippen LogP contribution in [0.5, 0.6) is 0 Å². The van der Waals surface area contributed by atoms with Gasteiger partial charge in [0.1, 0.15) is 12.6 Å². The van der Waals surface area contributed by atoms with Crippen LogP contribution < -0.4 is 11.1 Å². The van der Waals surface area contributed by atoms with Crippen molar-refractivity contribution in [2.24, 2.45) is 5.73 Å². The van der Waals surface area contributed by atoms with Crippen LogP contribution in [0.25, 0.3) is 0 Å². The summed E-state index contributed by atoms with van der Waals surface area (Å²) in [5.41, 5.74) is 5.38. The predicted molar refractivity (Wildman–Crippen MR) is 52.1 cm³/mol. The van der Waals surface area contributed by atoms with Crippen LogP contribution in [0.15, 0.2) is 0 Å². The highest BCUT2D eigenvalue weighted by Gasteiger charge is 2.32. The number of cyclic esters (lactones) is 1. The van der Waals surface area contributed by atoms with E-state index in [1.165, 1.54) is 4.90 Å². The third-order valence-corrected chi connectivity index (χ3v) is 2.49. The molecule has 0 radical (unpaired) electrons. The van der Waals surface area contributed by atoms with E-state index in [0.29, 0.717) is 19.1 Å². The Balaban J connectivity index is 1.78. The second-order valence-electron chi connectivity index (χ2n) is 3.96. The molecule has 1 aliphatic heterocycles. The summed E-state index contributed by atoms with van der Waals surface area (Å²) in [6.45, 7) is 0.783. The molecule has 0 aromatic rings. The number of hydrogen-bond donors (Lipinski definition) is 2. The predicted octanol–water partition coefficient (Wildman–Crippen LogP) is -0.955. The average molecular weight is 213 g/mol. The maximum atomic E-state index is 11.4. The minimum Gasteiger partial charge on any atom is -0.443 e. The number of nitrogens with two attached hydrogens (primary N) is 1. The number of rotatable bonds is 4. The van der Waals surface area contributed by atoms with Crippen molar-refractivity contribution in [2.75, 3.05) is 19.6 Å². The van der Waals surface area contributed by atoms with E-state index in [2.05, 4.69) is 5.32 Å². The number of carbonyl (C=O) groups is 2. The first-order valence-electron chi connectivity index (χ1n) is 5.14. The molecule has 1 atom stereocenters. The van der Waals surface area contributed by atoms with Crippen molar-refractivity contribution in [3.63, 3.8) is 0 Å². The maximum absolute atomic E-state index is 11.4. The van der Waals surface area contributed by atoms with Crippen molar-refractivity contribution in [3.8, 4) is 0 Å². The van der Waals surface area contributed by atoms with E-state index < -0.39 is 6.09 Å². The van der Waals surface area contributed by atoms with Crippen molar-refractivity contribution in [1.29, 1.82) is 0 Å². The van der Waals surface area contributed by atoms with Crippen LogP contribution >= 0.6 is 0 Å². The molecule has 6 nitrogen and oxygen atoms in total. The Morgan fingerprint density at radius 1 is 1.60 bits per heavy atom. The molecule has 6 heteroatoms. The lowest BCUT2D eigenvalue weighted by atomic mass is 10.3. The van der Waals surface area contributed by atoms with Gasteiger partial charge in [-0.3, -0.25) is 9.69 Å². The molecule has 84 valence electrons. The molecule has 0 spiro atoms. The summed E-state index contributed by atoms with van der Waals surface area (Å²) in [6.07, 6.45) is 1.37. The molecule has 1 saturated heterocycles. The lowest BCUT2D eigenvalue weighted by Gasteiger charge is -2.11. The second-order valence-corrected chi connectivity index (χ2v) is 3.96. The summed E-state index contributed by atoms with van der Waals surface area (Å²) < 4.78 is 4.93. The van der Waals surface area contributed by atoms with Gasteiger partial charge >= 0.3 is 6.09 Å². The lowest BCUT2D eigenvalue weighted by Crippen LogP contribution is -2.39. The monoisotopic (exact) mass is 213 g/mol. The number of ether oxygens (including phenoxy) is 1. The molecule has 3 N–H and O–H groups in total. The molecule has 1 heterocycles. The van der Waals surface area contributed by atoms with E-state index in [9.17, 15) is 9.59 Å². The van der Waals surface area contributed by atoms with Gasteiger partial charge in [0.15, 0.2) is 0 Å². The fourth-order valence-corrected chi connectivity index (χ4v) is 1.50. The fraction of sp³-hybridized carbons (Fsp3) is 0.778. The minimum absolute atomic E-state index is 0.0752. The van der Waals surface area contributed by atoms with Crippen molar-refractivity contribution >= 4 is 12.0 Å². The van der Waals surface area contributed by atoms with Crippen molar-refractivity contribution in [3.05, 3.63) is 0 Å². The van der Waals surface area contributed by atoms with E-state index in [1.807, 2.05) is 0 Å². The molecule has 1 unspecified atom stereocenters. The number of amides is 2. The molecule has 0 aromatic carbocycles. The molecule has 15 heavy (non-hydrogen) atoms. The van der Waals surface area contributed by atoms with Crippen LogP contribution in [0, 0.1) is 0 Å². The van der Waals surface area contributed by atoms with Crippen LogP contribution in [-0.4, -0.2) is 48.7 Å². The Hall–Kier alpha value is -1.30. The molecule has 2 rings (SSSR count). The van der Waals surface area contributed by atoms with Gasteiger partial charge in [0.25, 0.3) is 0 Å². The van der Waals surface area contributed by atoms with E-state index in [0.717, 1.165) is 12.8 Å². The van der Waals surface area contributed by atoms with E-state index in [1.54, 1.807) is 0 Å². The molecule has 2 fully saturated rings. The summed E-state index contributed by atoms with van der Waals surface area (Å²) in [4.78, 5) is 24.0. The molecule has 0 aromatic heterocycles. The van der Waals surface area contributed by atoms with Gasteiger partial charge in [0.05, 0.1) is 6.54 Å². The second kappa shape index (κ2) is 4.06. The van der Waals surface area contributed by atoms with Gasteiger partial charge in [-0.2, -0.15) is 0 Å². The van der Waals surface area contributed by atoms with Gasteiger partial charge in [0.2, 0.25) is 5.91 Å². The van der Waals surface area contributed by atoms with Gasteiger partial charge < -0.3 is 15.8 Å². The van der Waals surface area contributed by atoms with Gasteiger partial charge in [-0.05, 0) is 12.8 Å². The Morgan fingerprint density at radius 2 is 2.33 bits per heavy atom. The topological polar surface area (TPSA) is 84.7 Å². The zero-order chi connectivity index (χ0) is 10.8. The van der Waals surface area contributed by atoms with Gasteiger partial charge in [-0.15, -0.1) is 0 Å². The van der Waals surface area contributed by atoms with Crippen LogP contribution in [-0.2, 0) is 9.53 Å². The zero-order valence-electron chi connectivity index (χ0n) is 8.44. The van der Waals surface area contributed by atoms with Crippen LogP contribution in [0.4, 0.5) is 4.79 Å². The van der Waals surface area contributed by atoms with E-state index >= 15 is 0 Å². The van der Waals surface area contributed by atoms with E-state index in [4.69, 9.17) is 10.5 Å². The summed E-state index contributed by atoms with van der Waals surface area (Å²) in [7, 11) is 0. The molecule has 1 saturated carbocycles. The van der Waals surface area contributed by atoms with Crippen LogP contribution in [0.2, 0.25) is 0 Å². The van der Waals surface area contributed by atoms with Gasteiger partial charge in [-0.25, -0.2) is 4.79 Å². The molecule has 0 bridgehead atoms. The maximum Gasteiger partial charge on any atom is 0.410 e. The third kappa shape index (κ3) is 2.59. The largest absolute Gasteiger partial charge is 0.443 e. The quantitative estimate of drug-likeness (QED) is 0.630. The van der Waals surface area contributed by atoms with Gasteiger partial charge in [0, 0.05) is 12.6 Å². The molecule has 2 aliphatic rings. The number of nitrogens with zero attached hydrogens (tertiary/aromatic N) is 1. The Bertz CT molecular complexity index is 278. The van der Waals surface area contributed by atoms with Crippen molar-refractivity contribution in [2.45, 2.75) is 25.0 Å². The Morgan fingerprint density at radius 3 is 2.87 bits per heavy atom. The molecule has 1 aliphatic carbocycles. The smallest absolute Gasteiger partial charge is 0.410 e. The zero-order valence-corrected chi connectivity index (χ0v) is 8.44. The van der Waals surface area contributed by atoms with Gasteiger partial charge in [-0.1, -0.05) is 0 Å². The number of carbonyl (C=O) groups excluding carboxylic acids is 2. The van der Waals surface area contributed by atoms with Crippen molar-refractivity contribution in [1.82, 2.24) is 10.2 Å². The Kier molecular flexibility index (Phi) is 2.77. The van der Waals surface area contributed by atoms with Crippen LogP contribution in [0.3, 0.4) is 0 Å². The standard InChI is InChI=1S/C9H15N3O3/c10-3-7-4-12(9(14)15-7)5-8(13)11-6-1-2-6/h6-7H,1-5,10H2,(H,11,13). The molecular formula is C9H15N3O3. The molecule has 2 amide bonds. The normalized spacial score (nSPS) is 25.3. The average Bonchev–Trinajstić information content (AvgIpc) is 2.92. The number of nitrogens with one attached hydrogen (secondary N) is 1. The first-order chi connectivity index (χ1) is 7.19.